The van der Waals surface area contributed by atoms with Crippen LogP contribution in [-0.2, 0) is 9.53 Å². The van der Waals surface area contributed by atoms with E-state index >= 15 is 0 Å². The van der Waals surface area contributed by atoms with Crippen molar-refractivity contribution in [3.8, 4) is 5.75 Å². The zero-order valence-corrected chi connectivity index (χ0v) is 16.4. The number of carbonyl (C=O) groups is 2. The number of nitrogens with one attached hydrogen (secondary N) is 1. The van der Waals surface area contributed by atoms with Crippen LogP contribution in [-0.4, -0.2) is 30.5 Å². The van der Waals surface area contributed by atoms with Crippen LogP contribution in [0.15, 0.2) is 24.3 Å². The van der Waals surface area contributed by atoms with Gasteiger partial charge < -0.3 is 14.8 Å². The predicted molar refractivity (Wildman–Crippen MR) is 104 cm³/mol. The van der Waals surface area contributed by atoms with Crippen LogP contribution >= 0.6 is 0 Å². The second-order valence-electron chi connectivity index (χ2n) is 6.49. The van der Waals surface area contributed by atoms with Crippen LogP contribution in [0.25, 0.3) is 0 Å². The molecule has 0 aliphatic heterocycles. The Labute approximate surface area is 162 Å². The monoisotopic (exact) mass is 386 g/mol. The Hall–Kier alpha value is -3.42. The molecule has 1 N–H and O–H groups in total. The summed E-state index contributed by atoms with van der Waals surface area (Å²) in [6, 6.07) is 6.41. The molecule has 8 nitrogen and oxygen atoms in total. The Morgan fingerprint density at radius 1 is 1.04 bits per heavy atom. The van der Waals surface area contributed by atoms with Crippen molar-refractivity contribution in [1.29, 1.82) is 0 Å². The van der Waals surface area contributed by atoms with Crippen LogP contribution in [0.3, 0.4) is 0 Å². The summed E-state index contributed by atoms with van der Waals surface area (Å²) in [5.74, 6) is -1.12. The van der Waals surface area contributed by atoms with Crippen molar-refractivity contribution >= 4 is 23.3 Å². The first-order valence-corrected chi connectivity index (χ1v) is 8.52. The maximum atomic E-state index is 12.3. The molecule has 0 unspecified atom stereocenters. The van der Waals surface area contributed by atoms with E-state index in [4.69, 9.17) is 9.47 Å². The second kappa shape index (κ2) is 8.51. The molecule has 148 valence electrons. The highest BCUT2D eigenvalue weighted by atomic mass is 16.6. The molecule has 0 atom stereocenters. The van der Waals surface area contributed by atoms with Gasteiger partial charge in [-0.15, -0.1) is 0 Å². The van der Waals surface area contributed by atoms with Crippen molar-refractivity contribution in [2.75, 3.05) is 19.0 Å². The van der Waals surface area contributed by atoms with Gasteiger partial charge in [-0.1, -0.05) is 17.7 Å². The number of nitrogens with zero attached hydrogens (tertiary/aromatic N) is 1. The van der Waals surface area contributed by atoms with E-state index < -0.39 is 23.4 Å². The summed E-state index contributed by atoms with van der Waals surface area (Å²) in [5, 5.41) is 13.6. The number of carbonyl (C=O) groups excluding carboxylic acids is 2. The Morgan fingerprint density at radius 2 is 1.64 bits per heavy atom. The second-order valence-corrected chi connectivity index (χ2v) is 6.49. The lowest BCUT2D eigenvalue weighted by atomic mass is 10.00. The first kappa shape index (κ1) is 20.9. The highest BCUT2D eigenvalue weighted by Crippen LogP contribution is 2.32. The summed E-state index contributed by atoms with van der Waals surface area (Å²) in [6.07, 6.45) is 0. The number of amides is 1. The maximum absolute atomic E-state index is 12.3. The molecule has 28 heavy (non-hydrogen) atoms. The summed E-state index contributed by atoms with van der Waals surface area (Å²) in [6.45, 7) is 6.69. The largest absolute Gasteiger partial charge is 0.490 e. The Bertz CT molecular complexity index is 929. The maximum Gasteiger partial charge on any atom is 0.339 e. The predicted octanol–water partition coefficient (Wildman–Crippen LogP) is 3.63. The fourth-order valence-electron chi connectivity index (χ4n) is 3.01. The number of anilines is 1. The highest BCUT2D eigenvalue weighted by Gasteiger charge is 2.19. The topological polar surface area (TPSA) is 108 Å². The molecule has 0 saturated heterocycles. The molecule has 0 aliphatic rings. The fourth-order valence-corrected chi connectivity index (χ4v) is 3.01. The van der Waals surface area contributed by atoms with Crippen LogP contribution < -0.4 is 10.1 Å². The first-order valence-electron chi connectivity index (χ1n) is 8.52. The minimum Gasteiger partial charge on any atom is -0.490 e. The zero-order chi connectivity index (χ0) is 21.0. The van der Waals surface area contributed by atoms with Crippen LogP contribution in [0.4, 0.5) is 11.4 Å². The number of nitro benzene ring substituents is 1. The molecule has 0 aromatic heterocycles. The average Bonchev–Trinajstić information content (AvgIpc) is 2.60. The molecule has 0 radical (unpaired) electrons. The summed E-state index contributed by atoms with van der Waals surface area (Å²) < 4.78 is 10.1. The van der Waals surface area contributed by atoms with E-state index in [0.29, 0.717) is 16.8 Å². The molecule has 0 fully saturated rings. The third kappa shape index (κ3) is 4.64. The number of esters is 1. The lowest BCUT2D eigenvalue weighted by molar-refractivity contribution is -0.385. The van der Waals surface area contributed by atoms with Gasteiger partial charge >= 0.3 is 11.7 Å². The number of benzene rings is 2. The zero-order valence-electron chi connectivity index (χ0n) is 16.4. The number of aryl methyl sites for hydroxylation is 4. The first-order chi connectivity index (χ1) is 13.1. The van der Waals surface area contributed by atoms with Gasteiger partial charge in [0.05, 0.1) is 17.6 Å². The third-order valence-electron chi connectivity index (χ3n) is 4.21. The van der Waals surface area contributed by atoms with Gasteiger partial charge in [0.25, 0.3) is 5.91 Å². The Kier molecular flexibility index (Phi) is 6.35. The van der Waals surface area contributed by atoms with E-state index in [0.717, 1.165) is 16.7 Å². The molecule has 0 spiro atoms. The van der Waals surface area contributed by atoms with Crippen LogP contribution in [0, 0.1) is 37.8 Å². The van der Waals surface area contributed by atoms with Crippen molar-refractivity contribution < 1.29 is 24.0 Å². The molecule has 1 amide bonds. The van der Waals surface area contributed by atoms with Crippen molar-refractivity contribution in [2.24, 2.45) is 0 Å². The standard InChI is InChI=1S/C20H22N2O6/c1-11-6-13(3)19(14(4)7-11)20(24)28-10-18(23)21-15-9-17(27-5)16(22(25)26)8-12(15)2/h6-9H,10H2,1-5H3,(H,21,23). The lowest BCUT2D eigenvalue weighted by Crippen LogP contribution is -2.22. The van der Waals surface area contributed by atoms with Crippen molar-refractivity contribution in [3.05, 3.63) is 62.2 Å². The molecule has 0 aliphatic carbocycles. The molecule has 0 bridgehead atoms. The van der Waals surface area contributed by atoms with E-state index in [-0.39, 0.29) is 11.4 Å². The molecule has 2 rings (SSSR count). The van der Waals surface area contributed by atoms with Gasteiger partial charge in [-0.25, -0.2) is 4.79 Å². The molecular weight excluding hydrogens is 364 g/mol. The van der Waals surface area contributed by atoms with Crippen LogP contribution in [0.2, 0.25) is 0 Å². The van der Waals surface area contributed by atoms with Gasteiger partial charge in [-0.3, -0.25) is 14.9 Å². The van der Waals surface area contributed by atoms with Gasteiger partial charge in [0, 0.05) is 17.8 Å². The summed E-state index contributed by atoms with van der Waals surface area (Å²) in [7, 11) is 1.30. The smallest absolute Gasteiger partial charge is 0.339 e. The van der Waals surface area contributed by atoms with E-state index in [9.17, 15) is 19.7 Å². The van der Waals surface area contributed by atoms with Crippen LogP contribution in [0.5, 0.6) is 5.75 Å². The van der Waals surface area contributed by atoms with E-state index in [1.54, 1.807) is 6.92 Å². The number of hydrogen-bond donors (Lipinski definition) is 1. The summed E-state index contributed by atoms with van der Waals surface area (Å²) >= 11 is 0. The van der Waals surface area contributed by atoms with Crippen molar-refractivity contribution in [1.82, 2.24) is 0 Å². The minimum absolute atomic E-state index is 0.0220. The Morgan fingerprint density at radius 3 is 2.18 bits per heavy atom. The summed E-state index contributed by atoms with van der Waals surface area (Å²) in [4.78, 5) is 35.0. The van der Waals surface area contributed by atoms with Crippen molar-refractivity contribution in [2.45, 2.75) is 27.7 Å². The lowest BCUT2D eigenvalue weighted by Gasteiger charge is -2.13. The molecule has 8 heteroatoms. The average molecular weight is 386 g/mol. The molecule has 2 aromatic rings. The number of ether oxygens (including phenoxy) is 2. The number of methoxy groups -OCH3 is 1. The van der Waals surface area contributed by atoms with Gasteiger partial charge in [-0.05, 0) is 44.4 Å². The van der Waals surface area contributed by atoms with Gasteiger partial charge in [0.15, 0.2) is 12.4 Å². The number of rotatable bonds is 6. The Balaban J connectivity index is 2.09. The van der Waals surface area contributed by atoms with E-state index in [2.05, 4.69) is 5.32 Å². The molecule has 0 heterocycles. The quantitative estimate of drug-likeness (QED) is 0.461. The van der Waals surface area contributed by atoms with Gasteiger partial charge in [0.2, 0.25) is 0 Å². The summed E-state index contributed by atoms with van der Waals surface area (Å²) in [5.41, 5.74) is 3.65. The third-order valence-corrected chi connectivity index (χ3v) is 4.21. The normalized spacial score (nSPS) is 10.3. The van der Waals surface area contributed by atoms with Crippen molar-refractivity contribution in [3.63, 3.8) is 0 Å². The SMILES string of the molecule is COc1cc(NC(=O)COC(=O)c2c(C)cc(C)cc2C)c(C)cc1[N+](=O)[O-]. The van der Waals surface area contributed by atoms with Gasteiger partial charge in [-0.2, -0.15) is 0 Å². The van der Waals surface area contributed by atoms with E-state index in [1.807, 2.05) is 32.9 Å². The van der Waals surface area contributed by atoms with Gasteiger partial charge in [0.1, 0.15) is 0 Å². The van der Waals surface area contributed by atoms with Crippen LogP contribution in [0.1, 0.15) is 32.6 Å². The molecule has 2 aromatic carbocycles. The fraction of sp³-hybridized carbons (Fsp3) is 0.300. The highest BCUT2D eigenvalue weighted by molar-refractivity contribution is 5.97. The number of hydrogen-bond acceptors (Lipinski definition) is 6. The number of nitro groups is 1. The molecular formula is C20H22N2O6. The molecule has 0 saturated carbocycles. The minimum atomic E-state index is -0.580. The van der Waals surface area contributed by atoms with E-state index in [1.165, 1.54) is 19.2 Å².